The molecule has 106 valence electrons. The van der Waals surface area contributed by atoms with E-state index < -0.39 is 0 Å². The summed E-state index contributed by atoms with van der Waals surface area (Å²) in [5.41, 5.74) is 2.60. The zero-order chi connectivity index (χ0) is 13.9. The third-order valence-electron chi connectivity index (χ3n) is 3.36. The number of carbonyl (C=O) groups excluding carboxylic acids is 1. The van der Waals surface area contributed by atoms with Crippen LogP contribution in [0.4, 0.5) is 21.9 Å². The van der Waals surface area contributed by atoms with Crippen molar-refractivity contribution < 1.29 is 9.53 Å². The van der Waals surface area contributed by atoms with E-state index in [0.717, 1.165) is 42.3 Å². The smallest absolute Gasteiger partial charge is 0.319 e. The maximum Gasteiger partial charge on any atom is 0.319 e. The lowest BCUT2D eigenvalue weighted by molar-refractivity contribution is 0.112. The van der Waals surface area contributed by atoms with Gasteiger partial charge in [-0.1, -0.05) is 6.58 Å². The van der Waals surface area contributed by atoms with Crippen LogP contribution in [0.2, 0.25) is 0 Å². The average Bonchev–Trinajstić information content (AvgIpc) is 3.04. The molecule has 0 bridgehead atoms. The van der Waals surface area contributed by atoms with E-state index in [1.54, 1.807) is 0 Å². The topological polar surface area (TPSA) is 74.4 Å². The number of urea groups is 1. The van der Waals surface area contributed by atoms with Crippen molar-refractivity contribution >= 4 is 23.1 Å². The van der Waals surface area contributed by atoms with Gasteiger partial charge in [0.25, 0.3) is 0 Å². The largest absolute Gasteiger partial charge is 0.376 e. The standard InChI is InChI=1S/C14H18N4O2/c1-9-16-12-5-4-10(7-13(12)17-9)18-14(19)15-8-11-3-2-6-20-11/h4-5,7,11,16-17H,1-3,6,8H2,(H2,15,18,19). The minimum atomic E-state index is -0.217. The SMILES string of the molecule is C=C1Nc2ccc(NC(=O)NCC3CCCO3)cc2N1. The highest BCUT2D eigenvalue weighted by Gasteiger charge is 2.17. The molecule has 20 heavy (non-hydrogen) atoms. The van der Waals surface area contributed by atoms with E-state index in [4.69, 9.17) is 4.74 Å². The summed E-state index contributed by atoms with van der Waals surface area (Å²) in [5.74, 6) is 0.736. The lowest BCUT2D eigenvalue weighted by Crippen LogP contribution is -2.35. The third kappa shape index (κ3) is 2.85. The molecular formula is C14H18N4O2. The van der Waals surface area contributed by atoms with Crippen LogP contribution in [0.15, 0.2) is 30.6 Å². The Bertz CT molecular complexity index is 538. The van der Waals surface area contributed by atoms with Crippen molar-refractivity contribution in [3.63, 3.8) is 0 Å². The molecule has 1 unspecified atom stereocenters. The van der Waals surface area contributed by atoms with Crippen molar-refractivity contribution in [2.24, 2.45) is 0 Å². The molecule has 2 amide bonds. The Morgan fingerprint density at radius 2 is 2.25 bits per heavy atom. The van der Waals surface area contributed by atoms with Gasteiger partial charge >= 0.3 is 6.03 Å². The van der Waals surface area contributed by atoms with Gasteiger partial charge in [0.2, 0.25) is 0 Å². The highest BCUT2D eigenvalue weighted by molar-refractivity contribution is 5.92. The second kappa shape index (κ2) is 5.42. The molecule has 1 aromatic rings. The van der Waals surface area contributed by atoms with Gasteiger partial charge in [-0.25, -0.2) is 4.79 Å². The van der Waals surface area contributed by atoms with Crippen LogP contribution in [0.3, 0.4) is 0 Å². The Kier molecular flexibility index (Phi) is 3.47. The second-order valence-corrected chi connectivity index (χ2v) is 4.96. The maximum atomic E-state index is 11.8. The number of benzene rings is 1. The van der Waals surface area contributed by atoms with Crippen LogP contribution in [0.1, 0.15) is 12.8 Å². The van der Waals surface area contributed by atoms with Gasteiger partial charge in [-0.15, -0.1) is 0 Å². The Hall–Kier alpha value is -2.21. The fourth-order valence-corrected chi connectivity index (χ4v) is 2.38. The lowest BCUT2D eigenvalue weighted by Gasteiger charge is -2.12. The van der Waals surface area contributed by atoms with Crippen molar-refractivity contribution in [3.05, 3.63) is 30.6 Å². The number of hydrogen-bond acceptors (Lipinski definition) is 4. The molecule has 0 radical (unpaired) electrons. The van der Waals surface area contributed by atoms with E-state index >= 15 is 0 Å². The van der Waals surface area contributed by atoms with Crippen molar-refractivity contribution in [1.82, 2.24) is 5.32 Å². The van der Waals surface area contributed by atoms with E-state index in [2.05, 4.69) is 27.8 Å². The summed E-state index contributed by atoms with van der Waals surface area (Å²) in [4.78, 5) is 11.8. The van der Waals surface area contributed by atoms with E-state index in [1.165, 1.54) is 0 Å². The van der Waals surface area contributed by atoms with Crippen LogP contribution >= 0.6 is 0 Å². The van der Waals surface area contributed by atoms with Gasteiger partial charge in [0.05, 0.1) is 17.5 Å². The van der Waals surface area contributed by atoms with Gasteiger partial charge in [0, 0.05) is 18.8 Å². The summed E-state index contributed by atoms with van der Waals surface area (Å²) < 4.78 is 5.46. The van der Waals surface area contributed by atoms with Crippen molar-refractivity contribution in [2.45, 2.75) is 18.9 Å². The summed E-state index contributed by atoms with van der Waals surface area (Å²) in [6.45, 7) is 5.14. The Labute approximate surface area is 117 Å². The first-order valence-electron chi connectivity index (χ1n) is 6.74. The first-order valence-corrected chi connectivity index (χ1v) is 6.74. The number of ether oxygens (including phenoxy) is 1. The van der Waals surface area contributed by atoms with Crippen LogP contribution in [0.25, 0.3) is 0 Å². The second-order valence-electron chi connectivity index (χ2n) is 4.96. The Morgan fingerprint density at radius 3 is 3.05 bits per heavy atom. The van der Waals surface area contributed by atoms with Crippen LogP contribution < -0.4 is 21.3 Å². The molecule has 1 fully saturated rings. The van der Waals surface area contributed by atoms with E-state index in [1.807, 2.05) is 18.2 Å². The molecule has 0 aliphatic carbocycles. The summed E-state index contributed by atoms with van der Waals surface area (Å²) in [7, 11) is 0. The highest BCUT2D eigenvalue weighted by atomic mass is 16.5. The molecule has 6 heteroatoms. The monoisotopic (exact) mass is 274 g/mol. The molecule has 2 aliphatic rings. The number of amides is 2. The van der Waals surface area contributed by atoms with Gasteiger partial charge in [-0.05, 0) is 31.0 Å². The quantitative estimate of drug-likeness (QED) is 0.682. The number of fused-ring (bicyclic) bond motifs is 1. The summed E-state index contributed by atoms with van der Waals surface area (Å²) in [6.07, 6.45) is 2.23. The van der Waals surface area contributed by atoms with E-state index in [0.29, 0.717) is 6.54 Å². The molecule has 3 rings (SSSR count). The molecule has 0 aromatic heterocycles. The van der Waals surface area contributed by atoms with E-state index in [9.17, 15) is 4.79 Å². The van der Waals surface area contributed by atoms with Gasteiger partial charge in [-0.2, -0.15) is 0 Å². The number of nitrogens with one attached hydrogen (secondary N) is 4. The van der Waals surface area contributed by atoms with Gasteiger partial charge < -0.3 is 26.0 Å². The molecule has 0 spiro atoms. The molecule has 6 nitrogen and oxygen atoms in total. The first-order chi connectivity index (χ1) is 9.70. The summed E-state index contributed by atoms with van der Waals surface area (Å²) >= 11 is 0. The summed E-state index contributed by atoms with van der Waals surface area (Å²) in [6, 6.07) is 5.39. The van der Waals surface area contributed by atoms with Crippen LogP contribution in [-0.2, 0) is 4.74 Å². The number of carbonyl (C=O) groups is 1. The van der Waals surface area contributed by atoms with Gasteiger partial charge in [0.1, 0.15) is 5.82 Å². The van der Waals surface area contributed by atoms with E-state index in [-0.39, 0.29) is 12.1 Å². The maximum absolute atomic E-state index is 11.8. The van der Waals surface area contributed by atoms with Crippen molar-refractivity contribution in [3.8, 4) is 0 Å². The Morgan fingerprint density at radius 1 is 1.40 bits per heavy atom. The highest BCUT2D eigenvalue weighted by Crippen LogP contribution is 2.32. The Balaban J connectivity index is 1.53. The van der Waals surface area contributed by atoms with Crippen LogP contribution in [0.5, 0.6) is 0 Å². The molecule has 2 aliphatic heterocycles. The normalized spacial score (nSPS) is 20.0. The third-order valence-corrected chi connectivity index (χ3v) is 3.36. The number of anilines is 3. The lowest BCUT2D eigenvalue weighted by atomic mass is 10.2. The zero-order valence-electron chi connectivity index (χ0n) is 11.2. The first kappa shape index (κ1) is 12.8. The fourth-order valence-electron chi connectivity index (χ4n) is 2.38. The fraction of sp³-hybridized carbons (Fsp3) is 0.357. The molecule has 0 saturated carbocycles. The number of hydrogen-bond donors (Lipinski definition) is 4. The van der Waals surface area contributed by atoms with Crippen molar-refractivity contribution in [2.75, 3.05) is 29.1 Å². The van der Waals surface area contributed by atoms with Gasteiger partial charge in [-0.3, -0.25) is 0 Å². The molecule has 1 saturated heterocycles. The molecule has 1 aromatic carbocycles. The number of rotatable bonds is 3. The predicted molar refractivity (Wildman–Crippen MR) is 78.8 cm³/mol. The van der Waals surface area contributed by atoms with Gasteiger partial charge in [0.15, 0.2) is 0 Å². The molecular weight excluding hydrogens is 256 g/mol. The minimum absolute atomic E-state index is 0.148. The zero-order valence-corrected chi connectivity index (χ0v) is 11.2. The minimum Gasteiger partial charge on any atom is -0.376 e. The molecule has 4 N–H and O–H groups in total. The van der Waals surface area contributed by atoms with Crippen LogP contribution in [-0.4, -0.2) is 25.3 Å². The molecule has 2 heterocycles. The average molecular weight is 274 g/mol. The molecule has 1 atom stereocenters. The van der Waals surface area contributed by atoms with Crippen molar-refractivity contribution in [1.29, 1.82) is 0 Å². The predicted octanol–water partition coefficient (Wildman–Crippen LogP) is 2.30. The van der Waals surface area contributed by atoms with Crippen LogP contribution in [0, 0.1) is 0 Å². The summed E-state index contributed by atoms with van der Waals surface area (Å²) in [5, 5.41) is 11.8.